The smallest absolute Gasteiger partial charge is 0.318 e. The minimum atomic E-state index is -0.918. The molecule has 0 unspecified atom stereocenters. The number of nitro groups is 2. The summed E-state index contributed by atoms with van der Waals surface area (Å²) in [6.07, 6.45) is 1.03. The molecule has 0 radical (unpaired) electrons. The average Bonchev–Trinajstić information content (AvgIpc) is 3.01. The minimum Gasteiger partial charge on any atom is -0.502 e. The summed E-state index contributed by atoms with van der Waals surface area (Å²) in [6, 6.07) is 10.6. The van der Waals surface area contributed by atoms with Crippen LogP contribution >= 0.6 is 12.2 Å². The van der Waals surface area contributed by atoms with Crippen LogP contribution in [0.15, 0.2) is 47.6 Å². The van der Waals surface area contributed by atoms with Crippen molar-refractivity contribution in [2.24, 2.45) is 5.10 Å². The molecule has 0 spiro atoms. The Morgan fingerprint density at radius 2 is 1.89 bits per heavy atom. The highest BCUT2D eigenvalue weighted by molar-refractivity contribution is 7.71. The molecule has 0 bridgehead atoms. The second-order valence-electron chi connectivity index (χ2n) is 5.19. The van der Waals surface area contributed by atoms with E-state index in [9.17, 15) is 25.3 Å². The molecule has 0 atom stereocenters. The molecular formula is C15H10N6O5S. The van der Waals surface area contributed by atoms with E-state index in [4.69, 9.17) is 12.2 Å². The lowest BCUT2D eigenvalue weighted by Crippen LogP contribution is -1.98. The molecule has 136 valence electrons. The molecule has 0 saturated carbocycles. The largest absolute Gasteiger partial charge is 0.502 e. The monoisotopic (exact) mass is 386 g/mol. The first-order valence-corrected chi connectivity index (χ1v) is 7.72. The van der Waals surface area contributed by atoms with Gasteiger partial charge in [-0.1, -0.05) is 30.3 Å². The zero-order valence-electron chi connectivity index (χ0n) is 13.3. The first-order valence-electron chi connectivity index (χ1n) is 7.31. The number of aromatic nitrogens is 3. The summed E-state index contributed by atoms with van der Waals surface area (Å²) < 4.78 is 1.36. The number of non-ortho nitro benzene ring substituents is 1. The van der Waals surface area contributed by atoms with Gasteiger partial charge in [0.25, 0.3) is 5.69 Å². The van der Waals surface area contributed by atoms with E-state index in [1.807, 2.05) is 6.07 Å². The van der Waals surface area contributed by atoms with E-state index in [1.54, 1.807) is 24.3 Å². The molecule has 1 heterocycles. The molecule has 27 heavy (non-hydrogen) atoms. The van der Waals surface area contributed by atoms with Crippen LogP contribution in [0.1, 0.15) is 5.56 Å². The van der Waals surface area contributed by atoms with Crippen LogP contribution in [0.2, 0.25) is 0 Å². The van der Waals surface area contributed by atoms with Crippen LogP contribution in [0.5, 0.6) is 5.75 Å². The van der Waals surface area contributed by atoms with Gasteiger partial charge in [-0.15, -0.1) is 0 Å². The SMILES string of the molecule is O=[N+]([O-])c1cc(/C=N/n2c(-c3ccccc3)n[nH]c2=S)c(O)c([N+](=O)[O-])c1. The molecule has 0 saturated heterocycles. The van der Waals surface area contributed by atoms with Gasteiger partial charge in [0, 0.05) is 11.6 Å². The number of nitrogens with one attached hydrogen (secondary N) is 1. The maximum atomic E-state index is 11.0. The Morgan fingerprint density at radius 1 is 1.19 bits per heavy atom. The lowest BCUT2D eigenvalue weighted by atomic mass is 10.1. The van der Waals surface area contributed by atoms with Crippen LogP contribution in [0.3, 0.4) is 0 Å². The van der Waals surface area contributed by atoms with Gasteiger partial charge >= 0.3 is 5.69 Å². The van der Waals surface area contributed by atoms with E-state index in [0.29, 0.717) is 17.5 Å². The summed E-state index contributed by atoms with van der Waals surface area (Å²) in [5.41, 5.74) is -0.876. The maximum absolute atomic E-state index is 11.0. The van der Waals surface area contributed by atoms with Crippen molar-refractivity contribution in [2.75, 3.05) is 0 Å². The van der Waals surface area contributed by atoms with E-state index < -0.39 is 27.0 Å². The van der Waals surface area contributed by atoms with Gasteiger partial charge in [0.1, 0.15) is 0 Å². The zero-order chi connectivity index (χ0) is 19.6. The molecule has 0 aliphatic rings. The second kappa shape index (κ2) is 7.13. The number of benzene rings is 2. The van der Waals surface area contributed by atoms with Gasteiger partial charge in [-0.2, -0.15) is 14.9 Å². The van der Waals surface area contributed by atoms with E-state index >= 15 is 0 Å². The quantitative estimate of drug-likeness (QED) is 0.296. The molecule has 3 rings (SSSR count). The van der Waals surface area contributed by atoms with Crippen molar-refractivity contribution in [2.45, 2.75) is 0 Å². The third kappa shape index (κ3) is 3.55. The number of hydrogen-bond donors (Lipinski definition) is 2. The van der Waals surface area contributed by atoms with Crippen molar-refractivity contribution < 1.29 is 15.0 Å². The highest BCUT2D eigenvalue weighted by atomic mass is 32.1. The molecule has 2 aromatic carbocycles. The molecule has 11 nitrogen and oxygen atoms in total. The number of nitrogens with zero attached hydrogens (tertiary/aromatic N) is 5. The number of aromatic amines is 1. The zero-order valence-corrected chi connectivity index (χ0v) is 14.2. The molecule has 2 N–H and O–H groups in total. The molecule has 0 fully saturated rings. The van der Waals surface area contributed by atoms with Crippen molar-refractivity contribution >= 4 is 29.8 Å². The first-order chi connectivity index (χ1) is 12.9. The fourth-order valence-electron chi connectivity index (χ4n) is 2.26. The summed E-state index contributed by atoms with van der Waals surface area (Å²) in [6.45, 7) is 0. The van der Waals surface area contributed by atoms with Crippen molar-refractivity contribution in [1.29, 1.82) is 0 Å². The van der Waals surface area contributed by atoms with Gasteiger partial charge in [0.05, 0.1) is 27.7 Å². The highest BCUT2D eigenvalue weighted by Gasteiger charge is 2.23. The number of phenolic OH excluding ortho intramolecular Hbond substituents is 1. The number of H-pyrrole nitrogens is 1. The van der Waals surface area contributed by atoms with Crippen molar-refractivity contribution in [1.82, 2.24) is 14.9 Å². The summed E-state index contributed by atoms with van der Waals surface area (Å²) in [4.78, 5) is 20.3. The molecule has 3 aromatic rings. The van der Waals surface area contributed by atoms with E-state index in [-0.39, 0.29) is 10.3 Å². The summed E-state index contributed by atoms with van der Waals surface area (Å²) in [5, 5.41) is 42.7. The van der Waals surface area contributed by atoms with Gasteiger partial charge in [-0.3, -0.25) is 20.2 Å². The minimum absolute atomic E-state index is 0.129. The Morgan fingerprint density at radius 3 is 2.52 bits per heavy atom. The van der Waals surface area contributed by atoms with Crippen molar-refractivity contribution in [3.63, 3.8) is 0 Å². The summed E-state index contributed by atoms with van der Waals surface area (Å²) in [5.74, 6) is -0.387. The first kappa shape index (κ1) is 17.9. The van der Waals surface area contributed by atoms with Crippen molar-refractivity contribution in [3.05, 3.63) is 73.0 Å². The van der Waals surface area contributed by atoms with Gasteiger partial charge in [-0.25, -0.2) is 5.10 Å². The van der Waals surface area contributed by atoms with Crippen LogP contribution in [0, 0.1) is 25.0 Å². The Hall–Kier alpha value is -3.93. The summed E-state index contributed by atoms with van der Waals surface area (Å²) >= 11 is 5.11. The molecule has 0 aliphatic carbocycles. The number of rotatable bonds is 5. The summed E-state index contributed by atoms with van der Waals surface area (Å²) in [7, 11) is 0. The van der Waals surface area contributed by atoms with Crippen LogP contribution < -0.4 is 0 Å². The van der Waals surface area contributed by atoms with Gasteiger partial charge < -0.3 is 5.11 Å². The topological polar surface area (TPSA) is 152 Å². The Bertz CT molecular complexity index is 1120. The fraction of sp³-hybridized carbons (Fsp3) is 0. The van der Waals surface area contributed by atoms with E-state index in [0.717, 1.165) is 12.3 Å². The third-order valence-electron chi connectivity index (χ3n) is 3.51. The van der Waals surface area contributed by atoms with Crippen LogP contribution in [0.25, 0.3) is 11.4 Å². The molecular weight excluding hydrogens is 376 g/mol. The van der Waals surface area contributed by atoms with E-state index in [1.165, 1.54) is 4.68 Å². The Kier molecular flexibility index (Phi) is 4.72. The lowest BCUT2D eigenvalue weighted by Gasteiger charge is -2.02. The standard InChI is InChI=1S/C15H10N6O5S/c22-13-10(6-11(20(23)24)7-12(13)21(25)26)8-16-19-14(17-18-15(19)27)9-4-2-1-3-5-9/h1-8,22H,(H,18,27)/b16-8+. The van der Waals surface area contributed by atoms with Gasteiger partial charge in [0.15, 0.2) is 5.82 Å². The van der Waals surface area contributed by atoms with Crippen LogP contribution in [-0.4, -0.2) is 36.0 Å². The highest BCUT2D eigenvalue weighted by Crippen LogP contribution is 2.33. The molecule has 1 aromatic heterocycles. The van der Waals surface area contributed by atoms with Gasteiger partial charge in [-0.05, 0) is 12.2 Å². The molecule has 0 amide bonds. The second-order valence-corrected chi connectivity index (χ2v) is 5.58. The van der Waals surface area contributed by atoms with Crippen LogP contribution in [-0.2, 0) is 0 Å². The Labute approximate surface area is 155 Å². The number of aromatic hydroxyl groups is 1. The fourth-order valence-corrected chi connectivity index (χ4v) is 2.44. The number of phenols is 1. The van der Waals surface area contributed by atoms with Crippen molar-refractivity contribution in [3.8, 4) is 17.1 Å². The number of nitro benzene ring substituents is 2. The molecule has 12 heteroatoms. The van der Waals surface area contributed by atoms with Gasteiger partial charge in [0.2, 0.25) is 10.5 Å². The van der Waals surface area contributed by atoms with E-state index in [2.05, 4.69) is 15.3 Å². The lowest BCUT2D eigenvalue weighted by molar-refractivity contribution is -0.394. The predicted octanol–water partition coefficient (Wildman–Crippen LogP) is 3.01. The average molecular weight is 386 g/mol. The number of hydrogen-bond acceptors (Lipinski definition) is 8. The third-order valence-corrected chi connectivity index (χ3v) is 3.77. The maximum Gasteiger partial charge on any atom is 0.318 e. The van der Waals surface area contributed by atoms with Crippen LogP contribution in [0.4, 0.5) is 11.4 Å². The predicted molar refractivity (Wildman–Crippen MR) is 97.3 cm³/mol. The normalized spacial score (nSPS) is 11.0. The Balaban J connectivity index is 2.10. The molecule has 0 aliphatic heterocycles.